The number of carbonyl (C=O) groups is 1. The molecule has 0 saturated carbocycles. The van der Waals surface area contributed by atoms with Gasteiger partial charge in [-0.1, -0.05) is 43.7 Å². The number of aromatic nitrogens is 2. The Bertz CT molecular complexity index is 835. The lowest BCUT2D eigenvalue weighted by Gasteiger charge is -2.20. The number of hydrogen-bond acceptors (Lipinski definition) is 3. The van der Waals surface area contributed by atoms with Gasteiger partial charge in [0.05, 0.1) is 11.4 Å². The summed E-state index contributed by atoms with van der Waals surface area (Å²) in [5.41, 5.74) is 6.22. The van der Waals surface area contributed by atoms with Gasteiger partial charge in [0.25, 0.3) is 0 Å². The van der Waals surface area contributed by atoms with Crippen molar-refractivity contribution < 1.29 is 4.79 Å². The first kappa shape index (κ1) is 17.3. The molecule has 1 unspecified atom stereocenters. The van der Waals surface area contributed by atoms with Gasteiger partial charge in [-0.15, -0.1) is 0 Å². The maximum atomic E-state index is 12.3. The average molecular weight is 335 g/mol. The summed E-state index contributed by atoms with van der Waals surface area (Å²) in [6.07, 6.45) is 4.59. The number of rotatable bonds is 4. The molecule has 0 bridgehead atoms. The van der Waals surface area contributed by atoms with Crippen molar-refractivity contribution in [2.45, 2.75) is 47.0 Å². The van der Waals surface area contributed by atoms with Crippen LogP contribution in [0.25, 0.3) is 17.3 Å². The third kappa shape index (κ3) is 3.63. The summed E-state index contributed by atoms with van der Waals surface area (Å²) in [7, 11) is 0. The molecule has 0 spiro atoms. The van der Waals surface area contributed by atoms with Crippen LogP contribution in [0.5, 0.6) is 0 Å². The quantitative estimate of drug-likeness (QED) is 0.885. The number of hydrogen-bond donors (Lipinski definition) is 1. The van der Waals surface area contributed by atoms with E-state index in [1.807, 2.05) is 39.8 Å². The number of aryl methyl sites for hydroxylation is 2. The first-order valence-corrected chi connectivity index (χ1v) is 8.94. The Morgan fingerprint density at radius 2 is 2.00 bits per heavy atom. The fourth-order valence-electron chi connectivity index (χ4n) is 2.99. The maximum absolute atomic E-state index is 12.3. The van der Waals surface area contributed by atoms with Gasteiger partial charge in [0.2, 0.25) is 5.91 Å². The molecule has 2 aromatic rings. The Kier molecular flexibility index (Phi) is 4.98. The predicted molar refractivity (Wildman–Crippen MR) is 102 cm³/mol. The van der Waals surface area contributed by atoms with Gasteiger partial charge < -0.3 is 5.32 Å². The molecule has 1 aliphatic carbocycles. The van der Waals surface area contributed by atoms with Crippen LogP contribution < -0.4 is 5.32 Å². The van der Waals surface area contributed by atoms with Crippen molar-refractivity contribution >= 4 is 17.8 Å². The first-order chi connectivity index (χ1) is 12.0. The summed E-state index contributed by atoms with van der Waals surface area (Å²) >= 11 is 0. The molecule has 1 amide bonds. The molecule has 1 aromatic heterocycles. The molecule has 4 nitrogen and oxygen atoms in total. The van der Waals surface area contributed by atoms with Crippen LogP contribution in [0.4, 0.5) is 5.82 Å². The number of nitrogens with one attached hydrogen (secondary N) is 1. The van der Waals surface area contributed by atoms with E-state index in [-0.39, 0.29) is 11.8 Å². The molecule has 1 N–H and O–H groups in total. The van der Waals surface area contributed by atoms with Gasteiger partial charge in [0.1, 0.15) is 5.69 Å². The SMILES string of the molecule is CCC(C)C(=O)Nc1nc2c(nc1C=C(C)C)-c1ccccc1CC2. The minimum atomic E-state index is -0.0434. The summed E-state index contributed by atoms with van der Waals surface area (Å²) in [6, 6.07) is 8.36. The number of anilines is 1. The summed E-state index contributed by atoms with van der Waals surface area (Å²) < 4.78 is 0. The Balaban J connectivity index is 2.09. The zero-order valence-corrected chi connectivity index (χ0v) is 15.4. The molecule has 1 aromatic carbocycles. The van der Waals surface area contributed by atoms with Crippen molar-refractivity contribution in [1.29, 1.82) is 0 Å². The zero-order valence-electron chi connectivity index (χ0n) is 15.4. The monoisotopic (exact) mass is 335 g/mol. The predicted octanol–water partition coefficient (Wildman–Crippen LogP) is 4.65. The number of amides is 1. The maximum Gasteiger partial charge on any atom is 0.228 e. The molecule has 1 aliphatic rings. The molecule has 130 valence electrons. The molecule has 1 heterocycles. The molecule has 25 heavy (non-hydrogen) atoms. The van der Waals surface area contributed by atoms with Gasteiger partial charge in [-0.3, -0.25) is 4.79 Å². The molecule has 0 radical (unpaired) electrons. The van der Waals surface area contributed by atoms with Crippen LogP contribution >= 0.6 is 0 Å². The van der Waals surface area contributed by atoms with Crippen molar-refractivity contribution in [2.24, 2.45) is 5.92 Å². The minimum absolute atomic E-state index is 0.00337. The first-order valence-electron chi connectivity index (χ1n) is 8.94. The van der Waals surface area contributed by atoms with E-state index in [1.165, 1.54) is 5.56 Å². The van der Waals surface area contributed by atoms with Gasteiger partial charge in [-0.25, -0.2) is 9.97 Å². The van der Waals surface area contributed by atoms with Crippen molar-refractivity contribution in [3.8, 4) is 11.3 Å². The van der Waals surface area contributed by atoms with E-state index in [2.05, 4.69) is 23.5 Å². The van der Waals surface area contributed by atoms with E-state index < -0.39 is 0 Å². The third-order valence-electron chi connectivity index (χ3n) is 4.63. The molecular formula is C21H25N3O. The normalized spacial score (nSPS) is 13.4. The van der Waals surface area contributed by atoms with Gasteiger partial charge in [0.15, 0.2) is 5.82 Å². The van der Waals surface area contributed by atoms with Crippen molar-refractivity contribution in [2.75, 3.05) is 5.32 Å². The lowest BCUT2D eigenvalue weighted by Crippen LogP contribution is -2.22. The van der Waals surface area contributed by atoms with Gasteiger partial charge in [-0.05, 0) is 44.7 Å². The number of benzene rings is 1. The molecule has 1 atom stereocenters. The lowest BCUT2D eigenvalue weighted by molar-refractivity contribution is -0.119. The second kappa shape index (κ2) is 7.18. The van der Waals surface area contributed by atoms with Crippen molar-refractivity contribution in [1.82, 2.24) is 9.97 Å². The van der Waals surface area contributed by atoms with Crippen LogP contribution in [0.15, 0.2) is 29.8 Å². The summed E-state index contributed by atoms with van der Waals surface area (Å²) in [6.45, 7) is 7.99. The van der Waals surface area contributed by atoms with E-state index >= 15 is 0 Å². The molecule has 3 rings (SSSR count). The van der Waals surface area contributed by atoms with E-state index in [9.17, 15) is 4.79 Å². The largest absolute Gasteiger partial charge is 0.309 e. The van der Waals surface area contributed by atoms with Crippen LogP contribution in [0.3, 0.4) is 0 Å². The highest BCUT2D eigenvalue weighted by Crippen LogP contribution is 2.33. The Labute approximate surface area is 149 Å². The van der Waals surface area contributed by atoms with E-state index in [0.29, 0.717) is 5.82 Å². The smallest absolute Gasteiger partial charge is 0.228 e. The third-order valence-corrected chi connectivity index (χ3v) is 4.63. The van der Waals surface area contributed by atoms with Gasteiger partial charge >= 0.3 is 0 Å². The van der Waals surface area contributed by atoms with Crippen LogP contribution in [0, 0.1) is 5.92 Å². The Morgan fingerprint density at radius 1 is 1.24 bits per heavy atom. The van der Waals surface area contributed by atoms with Crippen molar-refractivity contribution in [3.63, 3.8) is 0 Å². The summed E-state index contributed by atoms with van der Waals surface area (Å²) in [5.74, 6) is 0.527. The average Bonchev–Trinajstić information content (AvgIpc) is 2.61. The molecule has 0 aliphatic heterocycles. The number of carbonyl (C=O) groups excluding carboxylic acids is 1. The summed E-state index contributed by atoms with van der Waals surface area (Å²) in [4.78, 5) is 22.0. The fourth-order valence-corrected chi connectivity index (χ4v) is 2.99. The van der Waals surface area contributed by atoms with Crippen LogP contribution in [0.2, 0.25) is 0 Å². The fraction of sp³-hybridized carbons (Fsp3) is 0.381. The van der Waals surface area contributed by atoms with Gasteiger partial charge in [-0.2, -0.15) is 0 Å². The highest BCUT2D eigenvalue weighted by molar-refractivity contribution is 5.93. The minimum Gasteiger partial charge on any atom is -0.309 e. The van der Waals surface area contributed by atoms with Crippen molar-refractivity contribution in [3.05, 3.63) is 46.8 Å². The Hall–Kier alpha value is -2.49. The standard InChI is InChI=1S/C21H25N3O/c1-5-14(4)21(25)24-20-18(12-13(2)3)22-19-16-9-7-6-8-15(16)10-11-17(19)23-20/h6-9,12,14H,5,10-11H2,1-4H3,(H,23,24,25). The number of allylic oxidation sites excluding steroid dienone is 1. The topological polar surface area (TPSA) is 54.9 Å². The molecule has 0 saturated heterocycles. The van der Waals surface area contributed by atoms with Crippen LogP contribution in [-0.2, 0) is 17.6 Å². The van der Waals surface area contributed by atoms with Crippen LogP contribution in [-0.4, -0.2) is 15.9 Å². The van der Waals surface area contributed by atoms with E-state index in [1.54, 1.807) is 0 Å². The molecule has 4 heteroatoms. The summed E-state index contributed by atoms with van der Waals surface area (Å²) in [5, 5.41) is 2.98. The highest BCUT2D eigenvalue weighted by atomic mass is 16.1. The second-order valence-electron chi connectivity index (χ2n) is 6.93. The van der Waals surface area contributed by atoms with E-state index in [0.717, 1.165) is 47.5 Å². The number of fused-ring (bicyclic) bond motifs is 3. The second-order valence-corrected chi connectivity index (χ2v) is 6.93. The molecule has 0 fully saturated rings. The van der Waals surface area contributed by atoms with Crippen LogP contribution in [0.1, 0.15) is 51.1 Å². The number of nitrogens with zero attached hydrogens (tertiary/aromatic N) is 2. The highest BCUT2D eigenvalue weighted by Gasteiger charge is 2.22. The Morgan fingerprint density at radius 3 is 2.72 bits per heavy atom. The zero-order chi connectivity index (χ0) is 18.0. The van der Waals surface area contributed by atoms with Gasteiger partial charge in [0, 0.05) is 11.5 Å². The lowest BCUT2D eigenvalue weighted by atomic mass is 9.92. The van der Waals surface area contributed by atoms with E-state index in [4.69, 9.17) is 9.97 Å². The molecular weight excluding hydrogens is 310 g/mol.